The minimum atomic E-state index is 0.00476. The van der Waals surface area contributed by atoms with E-state index >= 15 is 0 Å². The van der Waals surface area contributed by atoms with Crippen molar-refractivity contribution in [2.45, 2.75) is 33.2 Å². The van der Waals surface area contributed by atoms with Gasteiger partial charge in [-0.2, -0.15) is 0 Å². The van der Waals surface area contributed by atoms with E-state index in [1.54, 1.807) is 0 Å². The Hall–Kier alpha value is -2.09. The first-order valence-electron chi connectivity index (χ1n) is 7.55. The summed E-state index contributed by atoms with van der Waals surface area (Å²) in [5, 5.41) is 2.64. The van der Waals surface area contributed by atoms with Gasteiger partial charge in [0.2, 0.25) is 0 Å². The van der Waals surface area contributed by atoms with E-state index in [1.807, 2.05) is 0 Å². The molecule has 0 fully saturated rings. The molecule has 1 aliphatic heterocycles. The van der Waals surface area contributed by atoms with Gasteiger partial charge in [0.1, 0.15) is 16.9 Å². The zero-order valence-corrected chi connectivity index (χ0v) is 13.4. The Morgan fingerprint density at radius 1 is 1.00 bits per heavy atom. The molecule has 0 N–H and O–H groups in total. The van der Waals surface area contributed by atoms with Gasteiger partial charge in [-0.15, -0.1) is 0 Å². The Balaban J connectivity index is 2.18. The van der Waals surface area contributed by atoms with E-state index in [4.69, 9.17) is 0 Å². The van der Waals surface area contributed by atoms with Crippen molar-refractivity contribution in [3.63, 3.8) is 0 Å². The van der Waals surface area contributed by atoms with Gasteiger partial charge in [-0.25, -0.2) is 9.13 Å². The number of aromatic nitrogens is 2. The molecule has 106 valence electrons. The SMILES string of the molecule is Cc1c(C)[n+](C)c2n1C(C)(C)c1cc3ccccc3cc1-2. The molecule has 0 bridgehead atoms. The summed E-state index contributed by atoms with van der Waals surface area (Å²) in [5.74, 6) is 1.33. The highest BCUT2D eigenvalue weighted by atomic mass is 15.2. The standard InChI is InChI=1S/C19H21N2/c1-12-13(2)21-18(20(12)5)16-10-14-8-6-7-9-15(14)11-17(16)19(21,3)4/h6-11H,1-5H3/q+1. The van der Waals surface area contributed by atoms with Crippen molar-refractivity contribution < 1.29 is 4.57 Å². The van der Waals surface area contributed by atoms with Crippen LogP contribution in [0.25, 0.3) is 22.2 Å². The molecule has 0 amide bonds. The molecule has 0 saturated carbocycles. The summed E-state index contributed by atoms with van der Waals surface area (Å²) in [7, 11) is 2.18. The lowest BCUT2D eigenvalue weighted by Gasteiger charge is -2.19. The highest BCUT2D eigenvalue weighted by Crippen LogP contribution is 2.45. The fraction of sp³-hybridized carbons (Fsp3) is 0.316. The van der Waals surface area contributed by atoms with Crippen molar-refractivity contribution in [2.24, 2.45) is 7.05 Å². The number of hydrogen-bond acceptors (Lipinski definition) is 0. The molecule has 2 heterocycles. The van der Waals surface area contributed by atoms with Crippen LogP contribution in [-0.4, -0.2) is 4.57 Å². The first kappa shape index (κ1) is 12.6. The van der Waals surface area contributed by atoms with Crippen LogP contribution in [0.2, 0.25) is 0 Å². The number of benzene rings is 2. The maximum atomic E-state index is 2.49. The van der Waals surface area contributed by atoms with Crippen LogP contribution in [0.1, 0.15) is 30.8 Å². The van der Waals surface area contributed by atoms with Gasteiger partial charge in [-0.3, -0.25) is 0 Å². The second-order valence-electron chi connectivity index (χ2n) is 6.69. The fourth-order valence-electron chi connectivity index (χ4n) is 3.91. The summed E-state index contributed by atoms with van der Waals surface area (Å²) in [6.07, 6.45) is 0. The monoisotopic (exact) mass is 277 g/mol. The van der Waals surface area contributed by atoms with Gasteiger partial charge in [0.25, 0.3) is 5.82 Å². The highest BCUT2D eigenvalue weighted by molar-refractivity contribution is 5.89. The van der Waals surface area contributed by atoms with Gasteiger partial charge in [-0.1, -0.05) is 24.3 Å². The van der Waals surface area contributed by atoms with Crippen molar-refractivity contribution in [2.75, 3.05) is 0 Å². The summed E-state index contributed by atoms with van der Waals surface area (Å²) in [6.45, 7) is 9.08. The smallest absolute Gasteiger partial charge is 0.230 e. The molecule has 0 aliphatic carbocycles. The van der Waals surface area contributed by atoms with E-state index in [0.29, 0.717) is 0 Å². The van der Waals surface area contributed by atoms with Crippen LogP contribution < -0.4 is 4.57 Å². The van der Waals surface area contributed by atoms with Gasteiger partial charge in [0.15, 0.2) is 0 Å². The van der Waals surface area contributed by atoms with Crippen LogP contribution >= 0.6 is 0 Å². The maximum Gasteiger partial charge on any atom is 0.290 e. The fourth-order valence-corrected chi connectivity index (χ4v) is 3.91. The van der Waals surface area contributed by atoms with Crippen molar-refractivity contribution in [1.29, 1.82) is 0 Å². The molecule has 1 aliphatic rings. The third kappa shape index (κ3) is 1.40. The molecule has 2 nitrogen and oxygen atoms in total. The van der Waals surface area contributed by atoms with E-state index in [-0.39, 0.29) is 5.54 Å². The van der Waals surface area contributed by atoms with Gasteiger partial charge >= 0.3 is 0 Å². The van der Waals surface area contributed by atoms with E-state index in [2.05, 4.69) is 80.3 Å². The van der Waals surface area contributed by atoms with Crippen LogP contribution in [0.3, 0.4) is 0 Å². The summed E-state index contributed by atoms with van der Waals surface area (Å²) in [4.78, 5) is 0. The summed E-state index contributed by atoms with van der Waals surface area (Å²) >= 11 is 0. The van der Waals surface area contributed by atoms with E-state index < -0.39 is 0 Å². The number of nitrogens with zero attached hydrogens (tertiary/aromatic N) is 2. The summed E-state index contributed by atoms with van der Waals surface area (Å²) < 4.78 is 4.82. The lowest BCUT2D eigenvalue weighted by molar-refractivity contribution is -0.665. The maximum absolute atomic E-state index is 2.49. The third-order valence-corrected chi connectivity index (χ3v) is 5.24. The number of fused-ring (bicyclic) bond motifs is 4. The molecule has 0 unspecified atom stereocenters. The second-order valence-corrected chi connectivity index (χ2v) is 6.69. The molecule has 21 heavy (non-hydrogen) atoms. The van der Waals surface area contributed by atoms with Crippen LogP contribution in [0, 0.1) is 13.8 Å². The Labute approximate surface area is 125 Å². The third-order valence-electron chi connectivity index (χ3n) is 5.24. The quantitative estimate of drug-likeness (QED) is 0.552. The van der Waals surface area contributed by atoms with E-state index in [0.717, 1.165) is 0 Å². The van der Waals surface area contributed by atoms with E-state index in [9.17, 15) is 0 Å². The first-order chi connectivity index (χ1) is 9.93. The van der Waals surface area contributed by atoms with Crippen molar-refractivity contribution in [3.8, 4) is 11.4 Å². The molecule has 3 aromatic rings. The molecule has 0 radical (unpaired) electrons. The highest BCUT2D eigenvalue weighted by Gasteiger charge is 2.45. The summed E-state index contributed by atoms with van der Waals surface area (Å²) in [5.41, 5.74) is 5.51. The predicted octanol–water partition coefficient (Wildman–Crippen LogP) is 3.85. The largest absolute Gasteiger partial charge is 0.290 e. The van der Waals surface area contributed by atoms with Crippen molar-refractivity contribution >= 4 is 10.8 Å². The molecule has 0 saturated heterocycles. The minimum absolute atomic E-state index is 0.00476. The Morgan fingerprint density at radius 2 is 1.62 bits per heavy atom. The zero-order chi connectivity index (χ0) is 14.9. The topological polar surface area (TPSA) is 8.81 Å². The number of hydrogen-bond donors (Lipinski definition) is 0. The normalized spacial score (nSPS) is 15.3. The van der Waals surface area contributed by atoms with Gasteiger partial charge < -0.3 is 0 Å². The van der Waals surface area contributed by atoms with Crippen LogP contribution in [0.15, 0.2) is 36.4 Å². The summed E-state index contributed by atoms with van der Waals surface area (Å²) in [6, 6.07) is 13.4. The van der Waals surface area contributed by atoms with Crippen molar-refractivity contribution in [3.05, 3.63) is 53.3 Å². The first-order valence-corrected chi connectivity index (χ1v) is 7.55. The Bertz CT molecular complexity index is 898. The van der Waals surface area contributed by atoms with Gasteiger partial charge in [0, 0.05) is 19.4 Å². The van der Waals surface area contributed by atoms with Gasteiger partial charge in [0.05, 0.1) is 12.6 Å². The Kier molecular flexibility index (Phi) is 2.26. The number of imidazole rings is 1. The Morgan fingerprint density at radius 3 is 2.29 bits per heavy atom. The molecular weight excluding hydrogens is 256 g/mol. The minimum Gasteiger partial charge on any atom is -0.230 e. The molecule has 0 spiro atoms. The van der Waals surface area contributed by atoms with Crippen molar-refractivity contribution in [1.82, 2.24) is 4.57 Å². The molecule has 4 rings (SSSR count). The molecule has 2 aromatic carbocycles. The lowest BCUT2D eigenvalue weighted by Crippen LogP contribution is -2.32. The molecule has 2 heteroatoms. The molecular formula is C19H21N2+. The molecule has 0 atom stereocenters. The average molecular weight is 277 g/mol. The van der Waals surface area contributed by atoms with Crippen LogP contribution in [0.4, 0.5) is 0 Å². The lowest BCUT2D eigenvalue weighted by atomic mass is 9.90. The number of rotatable bonds is 0. The zero-order valence-electron chi connectivity index (χ0n) is 13.4. The van der Waals surface area contributed by atoms with Gasteiger partial charge in [-0.05, 0) is 36.8 Å². The molecule has 1 aromatic heterocycles. The van der Waals surface area contributed by atoms with E-state index in [1.165, 1.54) is 39.1 Å². The van der Waals surface area contributed by atoms with Crippen LogP contribution in [0.5, 0.6) is 0 Å². The predicted molar refractivity (Wildman–Crippen MR) is 86.4 cm³/mol. The van der Waals surface area contributed by atoms with Crippen LogP contribution in [-0.2, 0) is 12.6 Å². The average Bonchev–Trinajstić information content (AvgIpc) is 2.83. The second kappa shape index (κ2) is 3.76.